The zero-order valence-electron chi connectivity index (χ0n) is 18.4. The first kappa shape index (κ1) is 21.8. The van der Waals surface area contributed by atoms with Crippen molar-refractivity contribution in [3.8, 4) is 0 Å². The zero-order chi connectivity index (χ0) is 22.2. The molecule has 0 spiro atoms. The number of aromatic nitrogens is 3. The van der Waals surface area contributed by atoms with Crippen LogP contribution in [0.25, 0.3) is 0 Å². The Morgan fingerprint density at radius 3 is 2.84 bits per heavy atom. The van der Waals surface area contributed by atoms with Gasteiger partial charge in [0.2, 0.25) is 0 Å². The number of hydrogen-bond donors (Lipinski definition) is 2. The fourth-order valence-electron chi connectivity index (χ4n) is 3.95. The normalized spacial score (nSPS) is 16.4. The third-order valence-electron chi connectivity index (χ3n) is 5.51. The third-order valence-corrected chi connectivity index (χ3v) is 5.51. The molecule has 2 aromatic heterocycles. The van der Waals surface area contributed by atoms with Crippen molar-refractivity contribution in [3.63, 3.8) is 0 Å². The van der Waals surface area contributed by atoms with Gasteiger partial charge in [0.15, 0.2) is 17.6 Å². The molecule has 1 saturated heterocycles. The molecule has 3 heterocycles. The van der Waals surface area contributed by atoms with E-state index in [9.17, 15) is 4.39 Å². The van der Waals surface area contributed by atoms with E-state index in [0.29, 0.717) is 18.9 Å². The van der Waals surface area contributed by atoms with E-state index in [4.69, 9.17) is 4.99 Å². The third kappa shape index (κ3) is 5.63. The highest BCUT2D eigenvalue weighted by Gasteiger charge is 2.25. The number of benzene rings is 1. The zero-order valence-corrected chi connectivity index (χ0v) is 18.4. The fraction of sp³-hybridized carbons (Fsp3) is 0.375. The fourth-order valence-corrected chi connectivity index (χ4v) is 3.95. The van der Waals surface area contributed by atoms with Gasteiger partial charge in [-0.05, 0) is 31.0 Å². The summed E-state index contributed by atoms with van der Waals surface area (Å²) in [7, 11) is 0. The van der Waals surface area contributed by atoms with Gasteiger partial charge in [-0.25, -0.2) is 14.4 Å². The van der Waals surface area contributed by atoms with E-state index < -0.39 is 0 Å². The molecule has 0 bridgehead atoms. The number of aliphatic imine (C=N–C) groups is 1. The van der Waals surface area contributed by atoms with Crippen molar-refractivity contribution in [2.75, 3.05) is 31.1 Å². The average Bonchev–Trinajstić information content (AvgIpc) is 3.45. The molecule has 3 aromatic rings. The van der Waals surface area contributed by atoms with E-state index in [1.54, 1.807) is 12.3 Å². The van der Waals surface area contributed by atoms with Gasteiger partial charge in [0.1, 0.15) is 5.82 Å². The molecule has 1 fully saturated rings. The van der Waals surface area contributed by atoms with Gasteiger partial charge in [-0.1, -0.05) is 30.3 Å². The average molecular weight is 436 g/mol. The second-order valence-corrected chi connectivity index (χ2v) is 7.85. The predicted octanol–water partition coefficient (Wildman–Crippen LogP) is 2.84. The Bertz CT molecular complexity index is 1020. The van der Waals surface area contributed by atoms with Crippen LogP contribution in [0.2, 0.25) is 0 Å². The summed E-state index contributed by atoms with van der Waals surface area (Å²) in [5, 5.41) is 6.80. The number of imidazole rings is 1. The molecule has 1 aliphatic heterocycles. The van der Waals surface area contributed by atoms with Crippen molar-refractivity contribution >= 4 is 11.8 Å². The minimum Gasteiger partial charge on any atom is -0.357 e. The summed E-state index contributed by atoms with van der Waals surface area (Å²) in [4.78, 5) is 15.4. The number of pyridine rings is 1. The summed E-state index contributed by atoms with van der Waals surface area (Å²) in [6.45, 7) is 5.72. The van der Waals surface area contributed by atoms with Gasteiger partial charge in [0.05, 0.1) is 0 Å². The van der Waals surface area contributed by atoms with Gasteiger partial charge >= 0.3 is 0 Å². The molecule has 1 aromatic carbocycles. The highest BCUT2D eigenvalue weighted by molar-refractivity contribution is 5.80. The van der Waals surface area contributed by atoms with Crippen LogP contribution in [0.1, 0.15) is 24.7 Å². The first-order chi connectivity index (χ1) is 15.7. The van der Waals surface area contributed by atoms with E-state index in [1.807, 2.05) is 30.3 Å². The van der Waals surface area contributed by atoms with Crippen molar-refractivity contribution in [1.82, 2.24) is 25.2 Å². The van der Waals surface area contributed by atoms with Gasteiger partial charge < -0.3 is 20.1 Å². The smallest absolute Gasteiger partial charge is 0.191 e. The minimum atomic E-state index is -0.278. The summed E-state index contributed by atoms with van der Waals surface area (Å²) in [6.07, 6.45) is 7.15. The first-order valence-electron chi connectivity index (χ1n) is 11.2. The molecule has 7 nitrogen and oxygen atoms in total. The maximum atomic E-state index is 14.1. The second kappa shape index (κ2) is 10.7. The van der Waals surface area contributed by atoms with Crippen LogP contribution in [-0.2, 0) is 13.0 Å². The van der Waals surface area contributed by atoms with Gasteiger partial charge in [0, 0.05) is 63.8 Å². The lowest BCUT2D eigenvalue weighted by Crippen LogP contribution is -2.44. The summed E-state index contributed by atoms with van der Waals surface area (Å²) in [5.41, 5.74) is 1.25. The van der Waals surface area contributed by atoms with Gasteiger partial charge in [0.25, 0.3) is 0 Å². The summed E-state index contributed by atoms with van der Waals surface area (Å²) >= 11 is 0. The van der Waals surface area contributed by atoms with Gasteiger partial charge in [-0.3, -0.25) is 4.99 Å². The molecule has 0 radical (unpaired) electrons. The minimum absolute atomic E-state index is 0.189. The Labute approximate surface area is 188 Å². The van der Waals surface area contributed by atoms with Crippen LogP contribution in [0.5, 0.6) is 0 Å². The van der Waals surface area contributed by atoms with Crippen LogP contribution in [0, 0.1) is 5.82 Å². The number of halogens is 1. The maximum Gasteiger partial charge on any atom is 0.191 e. The van der Waals surface area contributed by atoms with Crippen LogP contribution in [0.4, 0.5) is 10.2 Å². The molecule has 0 saturated carbocycles. The molecular formula is C24H30FN7. The Balaban J connectivity index is 1.32. The maximum absolute atomic E-state index is 14.1. The molecule has 32 heavy (non-hydrogen) atoms. The Hall–Kier alpha value is -3.42. The number of rotatable bonds is 8. The Morgan fingerprint density at radius 1 is 1.16 bits per heavy atom. The molecule has 1 unspecified atom stereocenters. The van der Waals surface area contributed by atoms with Crippen LogP contribution >= 0.6 is 0 Å². The lowest BCUT2D eigenvalue weighted by atomic mass is 10.2. The summed E-state index contributed by atoms with van der Waals surface area (Å²) in [5.74, 6) is 1.94. The van der Waals surface area contributed by atoms with E-state index in [2.05, 4.69) is 49.4 Å². The van der Waals surface area contributed by atoms with E-state index >= 15 is 0 Å². The van der Waals surface area contributed by atoms with Gasteiger partial charge in [-0.2, -0.15) is 0 Å². The number of nitrogens with zero attached hydrogens (tertiary/aromatic N) is 5. The van der Waals surface area contributed by atoms with Crippen molar-refractivity contribution in [2.24, 2.45) is 4.99 Å². The number of anilines is 1. The Kier molecular flexibility index (Phi) is 7.32. The first-order valence-corrected chi connectivity index (χ1v) is 11.2. The molecule has 8 heteroatoms. The molecule has 168 valence electrons. The molecule has 1 atom stereocenters. The highest BCUT2D eigenvalue weighted by Crippen LogP contribution is 2.20. The summed E-state index contributed by atoms with van der Waals surface area (Å²) < 4.78 is 16.2. The van der Waals surface area contributed by atoms with Crippen molar-refractivity contribution in [3.05, 3.63) is 78.3 Å². The largest absolute Gasteiger partial charge is 0.357 e. The monoisotopic (exact) mass is 435 g/mol. The SMILES string of the molecule is CCNC(=NCCc1nccn1Cc1ccccc1)NC1CCN(c2ncccc2F)C1. The van der Waals surface area contributed by atoms with E-state index in [-0.39, 0.29) is 11.9 Å². The quantitative estimate of drug-likeness (QED) is 0.421. The second-order valence-electron chi connectivity index (χ2n) is 7.85. The van der Waals surface area contributed by atoms with Crippen LogP contribution in [0.15, 0.2) is 66.0 Å². The van der Waals surface area contributed by atoms with E-state index in [0.717, 1.165) is 44.3 Å². The van der Waals surface area contributed by atoms with E-state index in [1.165, 1.54) is 11.6 Å². The molecule has 4 rings (SSSR count). The molecule has 1 aliphatic rings. The lowest BCUT2D eigenvalue weighted by Gasteiger charge is -2.20. The topological polar surface area (TPSA) is 70.4 Å². The molecule has 2 N–H and O–H groups in total. The van der Waals surface area contributed by atoms with Crippen molar-refractivity contribution in [1.29, 1.82) is 0 Å². The van der Waals surface area contributed by atoms with Crippen molar-refractivity contribution < 1.29 is 4.39 Å². The standard InChI is InChI=1S/C24H30FN7/c1-2-26-24(30-20-11-15-32(18-20)23-21(25)9-6-12-28-23)29-13-10-22-27-14-16-31(22)17-19-7-4-3-5-8-19/h3-9,12,14,16,20H,2,10-11,13,15,17-18H2,1H3,(H2,26,29,30). The summed E-state index contributed by atoms with van der Waals surface area (Å²) in [6, 6.07) is 13.6. The molecule has 0 amide bonds. The van der Waals surface area contributed by atoms with Crippen molar-refractivity contribution in [2.45, 2.75) is 32.4 Å². The Morgan fingerprint density at radius 2 is 2.03 bits per heavy atom. The number of guanidine groups is 1. The highest BCUT2D eigenvalue weighted by atomic mass is 19.1. The molecule has 0 aliphatic carbocycles. The number of hydrogen-bond acceptors (Lipinski definition) is 4. The number of nitrogens with one attached hydrogen (secondary N) is 2. The lowest BCUT2D eigenvalue weighted by molar-refractivity contribution is 0.612. The van der Waals surface area contributed by atoms with Crippen LogP contribution in [0.3, 0.4) is 0 Å². The van der Waals surface area contributed by atoms with Crippen LogP contribution < -0.4 is 15.5 Å². The molecular weight excluding hydrogens is 405 g/mol. The van der Waals surface area contributed by atoms with Gasteiger partial charge in [-0.15, -0.1) is 0 Å². The van der Waals surface area contributed by atoms with Crippen LogP contribution in [-0.4, -0.2) is 52.7 Å². The predicted molar refractivity (Wildman–Crippen MR) is 125 cm³/mol.